The van der Waals surface area contributed by atoms with Gasteiger partial charge >= 0.3 is 0 Å². The fraction of sp³-hybridized carbons (Fsp3) is 0.538. The molecule has 1 aromatic rings. The van der Waals surface area contributed by atoms with Crippen molar-refractivity contribution in [2.75, 3.05) is 6.61 Å². The molecule has 0 saturated carbocycles. The number of amidine groups is 1. The Morgan fingerprint density at radius 3 is 2.76 bits per heavy atom. The molecule has 0 bridgehead atoms. The van der Waals surface area contributed by atoms with Crippen molar-refractivity contribution < 1.29 is 4.74 Å². The normalized spacial score (nSPS) is 10.2. The van der Waals surface area contributed by atoms with E-state index in [1.165, 1.54) is 25.7 Å². The van der Waals surface area contributed by atoms with Crippen LogP contribution >= 0.6 is 0 Å². The van der Waals surface area contributed by atoms with E-state index >= 15 is 0 Å². The van der Waals surface area contributed by atoms with Crippen molar-refractivity contribution in [2.45, 2.75) is 39.0 Å². The van der Waals surface area contributed by atoms with Crippen molar-refractivity contribution in [2.24, 2.45) is 5.73 Å². The molecular formula is C13H21N3O. The molecule has 0 fully saturated rings. The van der Waals surface area contributed by atoms with Crippen LogP contribution in [0.25, 0.3) is 0 Å². The molecule has 0 unspecified atom stereocenters. The molecule has 3 N–H and O–H groups in total. The molecule has 0 aliphatic carbocycles. The number of nitrogens with zero attached hydrogens (tertiary/aromatic N) is 1. The largest absolute Gasteiger partial charge is 0.478 e. The molecule has 4 heteroatoms. The second-order valence-corrected chi connectivity index (χ2v) is 4.04. The van der Waals surface area contributed by atoms with Gasteiger partial charge in [-0.1, -0.05) is 38.7 Å². The molecule has 1 heterocycles. The van der Waals surface area contributed by atoms with Crippen LogP contribution < -0.4 is 10.5 Å². The Morgan fingerprint density at radius 1 is 1.29 bits per heavy atom. The summed E-state index contributed by atoms with van der Waals surface area (Å²) < 4.78 is 5.51. The van der Waals surface area contributed by atoms with Gasteiger partial charge in [0.15, 0.2) is 0 Å². The predicted molar refractivity (Wildman–Crippen MR) is 69.5 cm³/mol. The van der Waals surface area contributed by atoms with E-state index in [9.17, 15) is 0 Å². The summed E-state index contributed by atoms with van der Waals surface area (Å²) in [6.45, 7) is 2.88. The maximum Gasteiger partial charge on any atom is 0.213 e. The molecule has 0 aliphatic rings. The quantitative estimate of drug-likeness (QED) is 0.413. The number of nitrogens with one attached hydrogen (secondary N) is 1. The van der Waals surface area contributed by atoms with E-state index in [-0.39, 0.29) is 5.84 Å². The van der Waals surface area contributed by atoms with Crippen molar-refractivity contribution in [3.63, 3.8) is 0 Å². The lowest BCUT2D eigenvalue weighted by atomic mass is 10.2. The summed E-state index contributed by atoms with van der Waals surface area (Å²) in [7, 11) is 0. The first kappa shape index (κ1) is 13.5. The second-order valence-electron chi connectivity index (χ2n) is 4.04. The Kier molecular flexibility index (Phi) is 6.07. The van der Waals surface area contributed by atoms with Crippen molar-refractivity contribution in [1.82, 2.24) is 4.98 Å². The van der Waals surface area contributed by atoms with Gasteiger partial charge in [0.05, 0.1) is 6.61 Å². The lowest BCUT2D eigenvalue weighted by Gasteiger charge is -2.06. The predicted octanol–water partition coefficient (Wildman–Crippen LogP) is 2.71. The topological polar surface area (TPSA) is 72.0 Å². The minimum atomic E-state index is -0.0293. The molecule has 1 rings (SSSR count). The van der Waals surface area contributed by atoms with E-state index in [4.69, 9.17) is 15.9 Å². The minimum Gasteiger partial charge on any atom is -0.478 e. The van der Waals surface area contributed by atoms with Gasteiger partial charge in [-0.25, -0.2) is 4.98 Å². The van der Waals surface area contributed by atoms with E-state index in [0.29, 0.717) is 18.2 Å². The average molecular weight is 235 g/mol. The molecule has 0 amide bonds. The van der Waals surface area contributed by atoms with Gasteiger partial charge in [0.25, 0.3) is 0 Å². The maximum absolute atomic E-state index is 7.28. The van der Waals surface area contributed by atoms with Crippen molar-refractivity contribution in [3.05, 3.63) is 23.9 Å². The van der Waals surface area contributed by atoms with Crippen LogP contribution in [-0.4, -0.2) is 17.4 Å². The third kappa shape index (κ3) is 5.33. The summed E-state index contributed by atoms with van der Waals surface area (Å²) >= 11 is 0. The molecule has 0 radical (unpaired) electrons. The summed E-state index contributed by atoms with van der Waals surface area (Å²) in [5.74, 6) is 0.520. The molecule has 0 spiro atoms. The van der Waals surface area contributed by atoms with Gasteiger partial charge in [-0.05, 0) is 12.5 Å². The van der Waals surface area contributed by atoms with Crippen LogP contribution in [-0.2, 0) is 0 Å². The fourth-order valence-electron chi connectivity index (χ4n) is 1.53. The number of ether oxygens (including phenoxy) is 1. The standard InChI is InChI=1S/C13H21N3O/c1-2-3-4-5-6-10-17-12-9-7-8-11(16-12)13(14)15/h7-9H,2-6,10H2,1H3,(H3,14,15). The highest BCUT2D eigenvalue weighted by Gasteiger charge is 2.00. The second kappa shape index (κ2) is 7.65. The van der Waals surface area contributed by atoms with Crippen LogP contribution in [0.2, 0.25) is 0 Å². The average Bonchev–Trinajstić information content (AvgIpc) is 2.34. The number of hydrogen-bond donors (Lipinski definition) is 2. The first-order valence-corrected chi connectivity index (χ1v) is 6.18. The van der Waals surface area contributed by atoms with Gasteiger partial charge in [-0.15, -0.1) is 0 Å². The number of unbranched alkanes of at least 4 members (excludes halogenated alkanes) is 4. The number of nitrogens with two attached hydrogens (primary N) is 1. The Bertz CT molecular complexity index is 352. The highest BCUT2D eigenvalue weighted by Crippen LogP contribution is 2.09. The van der Waals surface area contributed by atoms with Crippen LogP contribution in [0.5, 0.6) is 5.88 Å². The molecule has 4 nitrogen and oxygen atoms in total. The molecule has 0 saturated heterocycles. The fourth-order valence-corrected chi connectivity index (χ4v) is 1.53. The first-order chi connectivity index (χ1) is 8.24. The lowest BCUT2D eigenvalue weighted by Crippen LogP contribution is -2.13. The van der Waals surface area contributed by atoms with E-state index in [0.717, 1.165) is 6.42 Å². The third-order valence-corrected chi connectivity index (χ3v) is 2.50. The molecule has 0 atom stereocenters. The van der Waals surface area contributed by atoms with Crippen LogP contribution in [0.1, 0.15) is 44.7 Å². The molecule has 0 aromatic carbocycles. The highest BCUT2D eigenvalue weighted by atomic mass is 16.5. The van der Waals surface area contributed by atoms with E-state index in [2.05, 4.69) is 11.9 Å². The Morgan fingerprint density at radius 2 is 2.06 bits per heavy atom. The maximum atomic E-state index is 7.28. The molecule has 0 aliphatic heterocycles. The summed E-state index contributed by atoms with van der Waals surface area (Å²) in [4.78, 5) is 4.13. The Balaban J connectivity index is 2.27. The monoisotopic (exact) mass is 235 g/mol. The van der Waals surface area contributed by atoms with E-state index < -0.39 is 0 Å². The van der Waals surface area contributed by atoms with Crippen LogP contribution in [0.3, 0.4) is 0 Å². The number of rotatable bonds is 8. The number of pyridine rings is 1. The Hall–Kier alpha value is -1.58. The van der Waals surface area contributed by atoms with Gasteiger partial charge in [-0.3, -0.25) is 5.41 Å². The van der Waals surface area contributed by atoms with E-state index in [1.54, 1.807) is 18.2 Å². The number of nitrogen functional groups attached to an aromatic ring is 1. The summed E-state index contributed by atoms with van der Waals surface area (Å²) in [6.07, 6.45) is 6.05. The van der Waals surface area contributed by atoms with E-state index in [1.807, 2.05) is 0 Å². The van der Waals surface area contributed by atoms with Crippen LogP contribution in [0.15, 0.2) is 18.2 Å². The van der Waals surface area contributed by atoms with Crippen molar-refractivity contribution in [1.29, 1.82) is 5.41 Å². The van der Waals surface area contributed by atoms with Crippen molar-refractivity contribution in [3.8, 4) is 5.88 Å². The molecule has 94 valence electrons. The Labute approximate surface area is 103 Å². The number of hydrogen-bond acceptors (Lipinski definition) is 3. The molecule has 17 heavy (non-hydrogen) atoms. The highest BCUT2D eigenvalue weighted by molar-refractivity contribution is 5.93. The zero-order valence-corrected chi connectivity index (χ0v) is 10.4. The number of aromatic nitrogens is 1. The van der Waals surface area contributed by atoms with Crippen molar-refractivity contribution >= 4 is 5.84 Å². The summed E-state index contributed by atoms with van der Waals surface area (Å²) in [5, 5.41) is 7.28. The molecule has 1 aromatic heterocycles. The zero-order chi connectivity index (χ0) is 12.5. The van der Waals surface area contributed by atoms with Gasteiger partial charge in [-0.2, -0.15) is 0 Å². The van der Waals surface area contributed by atoms with Crippen LogP contribution in [0, 0.1) is 5.41 Å². The van der Waals surface area contributed by atoms with Gasteiger partial charge < -0.3 is 10.5 Å². The summed E-state index contributed by atoms with van der Waals surface area (Å²) in [5.41, 5.74) is 5.82. The van der Waals surface area contributed by atoms with Gasteiger partial charge in [0, 0.05) is 6.07 Å². The third-order valence-electron chi connectivity index (χ3n) is 2.50. The minimum absolute atomic E-state index is 0.0293. The SMILES string of the molecule is CCCCCCCOc1cccc(C(=N)N)n1. The lowest BCUT2D eigenvalue weighted by molar-refractivity contribution is 0.293. The zero-order valence-electron chi connectivity index (χ0n) is 10.4. The smallest absolute Gasteiger partial charge is 0.213 e. The van der Waals surface area contributed by atoms with Crippen LogP contribution in [0.4, 0.5) is 0 Å². The summed E-state index contributed by atoms with van der Waals surface area (Å²) in [6, 6.07) is 5.30. The molecular weight excluding hydrogens is 214 g/mol. The first-order valence-electron chi connectivity index (χ1n) is 6.18. The van der Waals surface area contributed by atoms with Gasteiger partial charge in [0.1, 0.15) is 11.5 Å². The van der Waals surface area contributed by atoms with Gasteiger partial charge in [0.2, 0.25) is 5.88 Å².